The largest absolute Gasteiger partial charge is 0.574 e. The molecule has 6 rings (SSSR count). The molecule has 15 heteroatoms. The zero-order valence-corrected chi connectivity index (χ0v) is 24.1. The van der Waals surface area contributed by atoms with Crippen LogP contribution >= 0.6 is 0 Å². The van der Waals surface area contributed by atoms with Crippen LogP contribution in [0.25, 0.3) is 22.2 Å². The minimum atomic E-state index is -4.95. The van der Waals surface area contributed by atoms with Crippen LogP contribution in [0.15, 0.2) is 36.8 Å². The van der Waals surface area contributed by atoms with E-state index in [1.54, 1.807) is 32.3 Å². The van der Waals surface area contributed by atoms with E-state index in [4.69, 9.17) is 0 Å². The van der Waals surface area contributed by atoms with E-state index in [-0.39, 0.29) is 35.3 Å². The SMILES string of the molecule is CC(=O)c1nn(CC(=O)N2[C@H](C(=O)Nc3nc(OC(F)(F)F)ccc3C)C[C@@]3(C)C[C@@H]23)c2cnc(-c3cnc(C)nc3)cc12. The van der Waals surface area contributed by atoms with E-state index in [9.17, 15) is 27.6 Å². The maximum atomic E-state index is 13.8. The molecule has 228 valence electrons. The molecule has 0 aromatic carbocycles. The predicted octanol–water partition coefficient (Wildman–Crippen LogP) is 4.02. The molecule has 1 saturated heterocycles. The van der Waals surface area contributed by atoms with Crippen molar-refractivity contribution in [2.24, 2.45) is 5.41 Å². The number of ether oxygens (including phenoxy) is 1. The van der Waals surface area contributed by atoms with Gasteiger partial charge < -0.3 is 15.0 Å². The molecule has 2 amide bonds. The molecule has 2 fully saturated rings. The highest BCUT2D eigenvalue weighted by Gasteiger charge is 2.64. The van der Waals surface area contributed by atoms with Crippen LogP contribution in [-0.2, 0) is 16.1 Å². The quantitative estimate of drug-likeness (QED) is 0.308. The Kier molecular flexibility index (Phi) is 6.85. The fourth-order valence-electron chi connectivity index (χ4n) is 5.72. The van der Waals surface area contributed by atoms with Gasteiger partial charge in [-0.15, -0.1) is 13.2 Å². The summed E-state index contributed by atoms with van der Waals surface area (Å²) in [6.45, 7) is 6.43. The van der Waals surface area contributed by atoms with Gasteiger partial charge in [0.25, 0.3) is 0 Å². The predicted molar refractivity (Wildman–Crippen MR) is 149 cm³/mol. The fraction of sp³-hybridized carbons (Fsp3) is 0.379. The third kappa shape index (κ3) is 5.44. The average Bonchev–Trinajstić information content (AvgIpc) is 3.31. The van der Waals surface area contributed by atoms with E-state index in [1.165, 1.54) is 28.8 Å². The lowest BCUT2D eigenvalue weighted by Gasteiger charge is -2.27. The first-order valence-electron chi connectivity index (χ1n) is 13.7. The first-order chi connectivity index (χ1) is 20.7. The number of likely N-dealkylation sites (tertiary alicyclic amines) is 1. The van der Waals surface area contributed by atoms with Crippen LogP contribution in [0.3, 0.4) is 0 Å². The zero-order chi connectivity index (χ0) is 31.6. The summed E-state index contributed by atoms with van der Waals surface area (Å²) < 4.78 is 43.4. The number of anilines is 1. The molecule has 0 radical (unpaired) electrons. The molecular formula is C29H27F3N8O4. The molecule has 5 heterocycles. The van der Waals surface area contributed by atoms with Crippen LogP contribution in [0, 0.1) is 19.3 Å². The second-order valence-corrected chi connectivity index (χ2v) is 11.4. The van der Waals surface area contributed by atoms with Crippen molar-refractivity contribution in [3.63, 3.8) is 0 Å². The molecule has 44 heavy (non-hydrogen) atoms. The van der Waals surface area contributed by atoms with E-state index in [0.29, 0.717) is 46.4 Å². The number of piperidine rings is 1. The number of carbonyl (C=O) groups is 3. The number of pyridine rings is 2. The van der Waals surface area contributed by atoms with Gasteiger partial charge in [0.05, 0.1) is 17.4 Å². The van der Waals surface area contributed by atoms with Crippen LogP contribution < -0.4 is 10.1 Å². The van der Waals surface area contributed by atoms with Crippen LogP contribution in [0.2, 0.25) is 0 Å². The molecule has 4 aromatic heterocycles. The van der Waals surface area contributed by atoms with E-state index in [2.05, 4.69) is 35.1 Å². The van der Waals surface area contributed by atoms with Gasteiger partial charge in [-0.25, -0.2) is 9.97 Å². The summed E-state index contributed by atoms with van der Waals surface area (Å²) >= 11 is 0. The standard InChI is InChI=1S/C29H27F3N8O4/c1-14-5-6-23(44-29(30,31)32)36-26(14)37-27(43)20-8-28(4)9-22(28)40(20)24(42)13-39-21-12-35-19(17-10-33-16(3)34-11-17)7-18(21)25(38-39)15(2)41/h5-7,10-12,20,22H,8-9,13H2,1-4H3,(H,36,37,43)/t20-,22+,28-/m0/s1. The summed E-state index contributed by atoms with van der Waals surface area (Å²) in [6, 6.07) is 3.01. The number of rotatable bonds is 7. The first kappa shape index (κ1) is 29.1. The van der Waals surface area contributed by atoms with Crippen LogP contribution in [0.5, 0.6) is 5.88 Å². The number of nitrogens with zero attached hydrogens (tertiary/aromatic N) is 7. The summed E-state index contributed by atoms with van der Waals surface area (Å²) in [4.78, 5) is 57.9. The normalized spacial score (nSPS) is 20.8. The Balaban J connectivity index is 1.26. The Labute approximate surface area is 248 Å². The van der Waals surface area contributed by atoms with Crippen molar-refractivity contribution in [1.29, 1.82) is 0 Å². The Morgan fingerprint density at radius 2 is 1.82 bits per heavy atom. The van der Waals surface area contributed by atoms with Gasteiger partial charge in [-0.1, -0.05) is 13.0 Å². The maximum Gasteiger partial charge on any atom is 0.574 e. The van der Waals surface area contributed by atoms with Crippen molar-refractivity contribution >= 4 is 34.3 Å². The monoisotopic (exact) mass is 608 g/mol. The fourth-order valence-corrected chi connectivity index (χ4v) is 5.72. The number of hydrogen-bond acceptors (Lipinski definition) is 9. The molecule has 0 bridgehead atoms. The first-order valence-corrected chi connectivity index (χ1v) is 13.7. The van der Waals surface area contributed by atoms with Gasteiger partial charge in [0.2, 0.25) is 17.7 Å². The van der Waals surface area contributed by atoms with Crippen molar-refractivity contribution in [3.8, 4) is 17.1 Å². The lowest BCUT2D eigenvalue weighted by atomic mass is 10.0. The van der Waals surface area contributed by atoms with E-state index >= 15 is 0 Å². The molecule has 3 atom stereocenters. The minimum Gasteiger partial charge on any atom is -0.388 e. The number of aryl methyl sites for hydroxylation is 2. The molecule has 12 nitrogen and oxygen atoms in total. The highest BCUT2D eigenvalue weighted by Crippen LogP contribution is 2.59. The van der Waals surface area contributed by atoms with Crippen molar-refractivity contribution in [3.05, 3.63) is 53.9 Å². The summed E-state index contributed by atoms with van der Waals surface area (Å²) in [7, 11) is 0. The number of alkyl halides is 3. The van der Waals surface area contributed by atoms with Gasteiger partial charge in [0.1, 0.15) is 29.9 Å². The summed E-state index contributed by atoms with van der Waals surface area (Å²) in [5.74, 6) is -1.49. The van der Waals surface area contributed by atoms with Crippen molar-refractivity contribution in [1.82, 2.24) is 34.6 Å². The Morgan fingerprint density at radius 3 is 2.50 bits per heavy atom. The zero-order valence-electron chi connectivity index (χ0n) is 24.1. The molecule has 0 unspecified atom stereocenters. The number of carbonyl (C=O) groups excluding carboxylic acids is 3. The summed E-state index contributed by atoms with van der Waals surface area (Å²) in [5.41, 5.74) is 1.95. The van der Waals surface area contributed by atoms with Gasteiger partial charge in [0.15, 0.2) is 5.78 Å². The maximum absolute atomic E-state index is 13.8. The Hall–Kier alpha value is -4.95. The van der Waals surface area contributed by atoms with Gasteiger partial charge in [-0.2, -0.15) is 10.1 Å². The third-order valence-corrected chi connectivity index (χ3v) is 8.09. The number of fused-ring (bicyclic) bond motifs is 2. The number of amides is 2. The van der Waals surface area contributed by atoms with Gasteiger partial charge >= 0.3 is 6.36 Å². The van der Waals surface area contributed by atoms with Gasteiger partial charge in [0, 0.05) is 42.4 Å². The van der Waals surface area contributed by atoms with E-state index < -0.39 is 30.1 Å². The van der Waals surface area contributed by atoms with Crippen LogP contribution in [0.4, 0.5) is 19.0 Å². The minimum absolute atomic E-state index is 0.0973. The molecule has 2 aliphatic rings. The third-order valence-electron chi connectivity index (χ3n) is 8.09. The van der Waals surface area contributed by atoms with Gasteiger partial charge in [-0.3, -0.25) is 24.0 Å². The van der Waals surface area contributed by atoms with E-state index in [0.717, 1.165) is 6.07 Å². The number of halogens is 3. The average molecular weight is 609 g/mol. The molecular weight excluding hydrogens is 581 g/mol. The topological polar surface area (TPSA) is 145 Å². The Bertz CT molecular complexity index is 1820. The molecule has 4 aromatic rings. The highest BCUT2D eigenvalue weighted by molar-refractivity contribution is 6.05. The lowest BCUT2D eigenvalue weighted by molar-refractivity contribution is -0.276. The lowest BCUT2D eigenvalue weighted by Crippen LogP contribution is -2.47. The van der Waals surface area contributed by atoms with Crippen molar-refractivity contribution < 1.29 is 32.3 Å². The highest BCUT2D eigenvalue weighted by atomic mass is 19.4. The molecule has 1 aliphatic heterocycles. The van der Waals surface area contributed by atoms with E-state index in [1.807, 2.05) is 6.92 Å². The summed E-state index contributed by atoms with van der Waals surface area (Å²) in [5, 5.41) is 7.51. The number of ketones is 1. The molecule has 1 N–H and O–H groups in total. The number of nitrogens with one attached hydrogen (secondary N) is 1. The Morgan fingerprint density at radius 1 is 1.09 bits per heavy atom. The summed E-state index contributed by atoms with van der Waals surface area (Å²) in [6.07, 6.45) is 0.904. The molecule has 1 saturated carbocycles. The van der Waals surface area contributed by atoms with Crippen molar-refractivity contribution in [2.45, 2.75) is 65.5 Å². The number of aromatic nitrogens is 6. The number of hydrogen-bond donors (Lipinski definition) is 1. The molecule has 1 aliphatic carbocycles. The molecule has 0 spiro atoms. The second-order valence-electron chi connectivity index (χ2n) is 11.4. The number of Topliss-reactive ketones (excluding diaryl/α,β-unsaturated/α-hetero) is 1. The van der Waals surface area contributed by atoms with Crippen LogP contribution in [0.1, 0.15) is 48.6 Å². The van der Waals surface area contributed by atoms with Crippen molar-refractivity contribution in [2.75, 3.05) is 5.32 Å². The van der Waals surface area contributed by atoms with Gasteiger partial charge in [-0.05, 0) is 43.7 Å². The second kappa shape index (κ2) is 10.3. The van der Waals surface area contributed by atoms with Crippen LogP contribution in [-0.4, -0.2) is 70.7 Å². The smallest absolute Gasteiger partial charge is 0.388 e.